The first-order valence-corrected chi connectivity index (χ1v) is 4.89. The largest absolute Gasteiger partial charge is 0.365 e. The second kappa shape index (κ2) is 3.02. The van der Waals surface area contributed by atoms with Crippen LogP contribution in [0.25, 0.3) is 0 Å². The highest BCUT2D eigenvalue weighted by Crippen LogP contribution is 2.34. The average molecular weight is 176 g/mol. The maximum atomic E-state index is 4.33. The van der Waals surface area contributed by atoms with E-state index < -0.39 is 0 Å². The Hall–Kier alpha value is -1.05. The zero-order chi connectivity index (χ0) is 9.31. The van der Waals surface area contributed by atoms with Crippen molar-refractivity contribution >= 4 is 5.82 Å². The molecule has 0 unspecified atom stereocenters. The lowest BCUT2D eigenvalue weighted by atomic mass is 9.78. The predicted molar refractivity (Wildman–Crippen MR) is 54.9 cm³/mol. The summed E-state index contributed by atoms with van der Waals surface area (Å²) in [7, 11) is 0. The summed E-state index contributed by atoms with van der Waals surface area (Å²) in [4.78, 5) is 4.33. The number of rotatable bonds is 2. The number of pyridine rings is 1. The van der Waals surface area contributed by atoms with Crippen LogP contribution in [0.2, 0.25) is 0 Å². The van der Waals surface area contributed by atoms with E-state index in [1.165, 1.54) is 24.8 Å². The van der Waals surface area contributed by atoms with Crippen LogP contribution >= 0.6 is 0 Å². The molecule has 1 aliphatic carbocycles. The van der Waals surface area contributed by atoms with Crippen LogP contribution in [-0.2, 0) is 0 Å². The van der Waals surface area contributed by atoms with E-state index in [4.69, 9.17) is 0 Å². The molecule has 2 nitrogen and oxygen atoms in total. The summed E-state index contributed by atoms with van der Waals surface area (Å²) in [6.45, 7) is 4.36. The molecule has 2 rings (SSSR count). The number of aromatic nitrogens is 1. The van der Waals surface area contributed by atoms with E-state index >= 15 is 0 Å². The summed E-state index contributed by atoms with van der Waals surface area (Å²) >= 11 is 0. The second-order valence-electron chi connectivity index (χ2n) is 4.21. The lowest BCUT2D eigenvalue weighted by molar-refractivity contribution is 0.305. The molecule has 2 heteroatoms. The third-order valence-corrected chi connectivity index (χ3v) is 2.89. The Morgan fingerprint density at radius 1 is 1.46 bits per heavy atom. The molecule has 1 fully saturated rings. The normalized spacial score (nSPS) is 19.2. The van der Waals surface area contributed by atoms with Gasteiger partial charge in [0.05, 0.1) is 0 Å². The van der Waals surface area contributed by atoms with Gasteiger partial charge in [0.15, 0.2) is 0 Å². The molecule has 0 amide bonds. The van der Waals surface area contributed by atoms with E-state index in [-0.39, 0.29) is 0 Å². The van der Waals surface area contributed by atoms with Crippen molar-refractivity contribution in [3.63, 3.8) is 0 Å². The molecule has 0 radical (unpaired) electrons. The van der Waals surface area contributed by atoms with Crippen LogP contribution in [0.15, 0.2) is 18.3 Å². The molecule has 0 aliphatic heterocycles. The number of nitrogens with zero attached hydrogens (tertiary/aromatic N) is 1. The topological polar surface area (TPSA) is 24.9 Å². The number of nitrogens with one attached hydrogen (secondary N) is 1. The van der Waals surface area contributed by atoms with Gasteiger partial charge in [0, 0.05) is 11.7 Å². The molecule has 1 heterocycles. The molecular formula is C11H16N2. The van der Waals surface area contributed by atoms with Crippen molar-refractivity contribution in [2.75, 3.05) is 5.32 Å². The van der Waals surface area contributed by atoms with E-state index in [1.54, 1.807) is 0 Å². The van der Waals surface area contributed by atoms with E-state index in [9.17, 15) is 0 Å². The van der Waals surface area contributed by atoms with Crippen LogP contribution in [0.1, 0.15) is 31.7 Å². The molecule has 1 N–H and O–H groups in total. The van der Waals surface area contributed by atoms with Crippen LogP contribution in [0.4, 0.5) is 5.82 Å². The molecule has 1 aromatic rings. The van der Waals surface area contributed by atoms with Gasteiger partial charge in [-0.25, -0.2) is 4.98 Å². The first-order chi connectivity index (χ1) is 6.20. The van der Waals surface area contributed by atoms with Crippen molar-refractivity contribution in [3.8, 4) is 0 Å². The molecule has 0 atom stereocenters. The van der Waals surface area contributed by atoms with E-state index in [2.05, 4.69) is 30.2 Å². The highest BCUT2D eigenvalue weighted by molar-refractivity contribution is 5.45. The van der Waals surface area contributed by atoms with Crippen molar-refractivity contribution < 1.29 is 0 Å². The van der Waals surface area contributed by atoms with Crippen LogP contribution in [0.5, 0.6) is 0 Å². The van der Waals surface area contributed by atoms with E-state index in [1.807, 2.05) is 12.3 Å². The van der Waals surface area contributed by atoms with Gasteiger partial charge in [-0.1, -0.05) is 6.07 Å². The smallest absolute Gasteiger partial charge is 0.129 e. The summed E-state index contributed by atoms with van der Waals surface area (Å²) in [5.41, 5.74) is 1.54. The van der Waals surface area contributed by atoms with Gasteiger partial charge in [0.1, 0.15) is 5.82 Å². The Morgan fingerprint density at radius 2 is 2.23 bits per heavy atom. The standard InChI is InChI=1S/C11H16N2/c1-9-5-3-8-12-10(9)13-11(2)6-4-7-11/h3,5,8H,4,6-7H2,1-2H3,(H,12,13). The van der Waals surface area contributed by atoms with Crippen molar-refractivity contribution in [1.82, 2.24) is 4.98 Å². The Balaban J connectivity index is 2.13. The molecule has 13 heavy (non-hydrogen) atoms. The zero-order valence-electron chi connectivity index (χ0n) is 8.30. The monoisotopic (exact) mass is 176 g/mol. The molecule has 1 aromatic heterocycles. The van der Waals surface area contributed by atoms with Gasteiger partial charge < -0.3 is 5.32 Å². The first-order valence-electron chi connectivity index (χ1n) is 4.89. The third kappa shape index (κ3) is 1.67. The maximum Gasteiger partial charge on any atom is 0.129 e. The lowest BCUT2D eigenvalue weighted by Crippen LogP contribution is -2.42. The fourth-order valence-corrected chi connectivity index (χ4v) is 1.73. The molecule has 0 saturated heterocycles. The number of anilines is 1. The summed E-state index contributed by atoms with van der Waals surface area (Å²) < 4.78 is 0. The van der Waals surface area contributed by atoms with Crippen LogP contribution < -0.4 is 5.32 Å². The molecular weight excluding hydrogens is 160 g/mol. The van der Waals surface area contributed by atoms with Crippen molar-refractivity contribution in [3.05, 3.63) is 23.9 Å². The summed E-state index contributed by atoms with van der Waals surface area (Å²) in [6, 6.07) is 4.07. The summed E-state index contributed by atoms with van der Waals surface area (Å²) in [5, 5.41) is 3.51. The van der Waals surface area contributed by atoms with Gasteiger partial charge in [-0.15, -0.1) is 0 Å². The Labute approximate surface area is 79.4 Å². The Morgan fingerprint density at radius 3 is 2.77 bits per heavy atom. The SMILES string of the molecule is Cc1cccnc1NC1(C)CCC1. The number of hydrogen-bond acceptors (Lipinski definition) is 2. The minimum Gasteiger partial charge on any atom is -0.365 e. The second-order valence-corrected chi connectivity index (χ2v) is 4.21. The van der Waals surface area contributed by atoms with Gasteiger partial charge in [0.25, 0.3) is 0 Å². The van der Waals surface area contributed by atoms with Crippen molar-refractivity contribution in [2.24, 2.45) is 0 Å². The van der Waals surface area contributed by atoms with Crippen molar-refractivity contribution in [1.29, 1.82) is 0 Å². The van der Waals surface area contributed by atoms with Gasteiger partial charge in [-0.05, 0) is 44.7 Å². The quantitative estimate of drug-likeness (QED) is 0.749. The summed E-state index contributed by atoms with van der Waals surface area (Å²) in [5.74, 6) is 1.05. The first kappa shape index (κ1) is 8.54. The van der Waals surface area contributed by atoms with Gasteiger partial charge >= 0.3 is 0 Å². The van der Waals surface area contributed by atoms with E-state index in [0.29, 0.717) is 5.54 Å². The molecule has 0 bridgehead atoms. The average Bonchev–Trinajstić information content (AvgIpc) is 2.06. The fourth-order valence-electron chi connectivity index (χ4n) is 1.73. The molecule has 1 saturated carbocycles. The fraction of sp³-hybridized carbons (Fsp3) is 0.545. The van der Waals surface area contributed by atoms with Gasteiger partial charge in [-0.3, -0.25) is 0 Å². The number of aryl methyl sites for hydroxylation is 1. The molecule has 0 spiro atoms. The van der Waals surface area contributed by atoms with Crippen LogP contribution in [0, 0.1) is 6.92 Å². The minimum absolute atomic E-state index is 0.305. The van der Waals surface area contributed by atoms with Crippen molar-refractivity contribution in [2.45, 2.75) is 38.6 Å². The molecule has 70 valence electrons. The zero-order valence-corrected chi connectivity index (χ0v) is 8.30. The van der Waals surface area contributed by atoms with E-state index in [0.717, 1.165) is 5.82 Å². The van der Waals surface area contributed by atoms with Crippen LogP contribution in [0.3, 0.4) is 0 Å². The lowest BCUT2D eigenvalue weighted by Gasteiger charge is -2.39. The molecule has 1 aliphatic rings. The maximum absolute atomic E-state index is 4.33. The van der Waals surface area contributed by atoms with Gasteiger partial charge in [0.2, 0.25) is 0 Å². The third-order valence-electron chi connectivity index (χ3n) is 2.89. The Kier molecular flexibility index (Phi) is 1.98. The van der Waals surface area contributed by atoms with Gasteiger partial charge in [-0.2, -0.15) is 0 Å². The molecule has 0 aromatic carbocycles. The van der Waals surface area contributed by atoms with Crippen LogP contribution in [-0.4, -0.2) is 10.5 Å². The number of hydrogen-bond donors (Lipinski definition) is 1. The predicted octanol–water partition coefficient (Wildman–Crippen LogP) is 2.74. The highest BCUT2D eigenvalue weighted by atomic mass is 15.1. The Bertz CT molecular complexity index is 303. The summed E-state index contributed by atoms with van der Waals surface area (Å²) in [6.07, 6.45) is 5.72. The minimum atomic E-state index is 0.305. The highest BCUT2D eigenvalue weighted by Gasteiger charge is 2.31.